The van der Waals surface area contributed by atoms with Gasteiger partial charge >= 0.3 is 0 Å². The molecule has 0 saturated heterocycles. The van der Waals surface area contributed by atoms with Gasteiger partial charge in [0.15, 0.2) is 17.3 Å². The summed E-state index contributed by atoms with van der Waals surface area (Å²) >= 11 is 0. The first kappa shape index (κ1) is 13.9. The minimum atomic E-state index is -0.593. The number of hydrogen-bond acceptors (Lipinski definition) is 8. The van der Waals surface area contributed by atoms with Gasteiger partial charge in [-0.25, -0.2) is 0 Å². The molecule has 1 saturated carbocycles. The monoisotopic (exact) mass is 318 g/mol. The van der Waals surface area contributed by atoms with Crippen LogP contribution < -0.4 is 15.2 Å². The summed E-state index contributed by atoms with van der Waals surface area (Å²) < 4.78 is 16.1. The number of aromatic nitrogens is 2. The van der Waals surface area contributed by atoms with Crippen molar-refractivity contribution in [2.45, 2.75) is 24.8 Å². The Morgan fingerprint density at radius 2 is 1.91 bits per heavy atom. The summed E-state index contributed by atoms with van der Waals surface area (Å²) in [6.45, 7) is 0.731. The van der Waals surface area contributed by atoms with E-state index in [-0.39, 0.29) is 17.1 Å². The molecule has 23 heavy (non-hydrogen) atoms. The van der Waals surface area contributed by atoms with Gasteiger partial charge in [0.25, 0.3) is 11.6 Å². The van der Waals surface area contributed by atoms with E-state index in [0.717, 1.165) is 19.3 Å². The van der Waals surface area contributed by atoms with Gasteiger partial charge in [-0.05, 0) is 19.3 Å². The predicted molar refractivity (Wildman–Crippen MR) is 77.1 cm³/mol. The minimum Gasteiger partial charge on any atom is -0.486 e. The molecule has 1 aliphatic heterocycles. The van der Waals surface area contributed by atoms with E-state index >= 15 is 0 Å². The van der Waals surface area contributed by atoms with Crippen molar-refractivity contribution in [1.82, 2.24) is 10.1 Å². The fourth-order valence-electron chi connectivity index (χ4n) is 2.72. The normalized spacial score (nSPS) is 18.3. The van der Waals surface area contributed by atoms with Crippen molar-refractivity contribution in [3.8, 4) is 23.0 Å². The Bertz CT molecular complexity index is 783. The molecular weight excluding hydrogens is 304 g/mol. The maximum absolute atomic E-state index is 11.3. The van der Waals surface area contributed by atoms with Crippen LogP contribution in [0.2, 0.25) is 0 Å². The quantitative estimate of drug-likeness (QED) is 0.670. The molecule has 0 atom stereocenters. The van der Waals surface area contributed by atoms with E-state index in [1.54, 1.807) is 0 Å². The molecule has 1 aromatic carbocycles. The van der Waals surface area contributed by atoms with Crippen LogP contribution in [0.4, 0.5) is 5.69 Å². The van der Waals surface area contributed by atoms with Gasteiger partial charge in [-0.1, -0.05) is 5.16 Å². The van der Waals surface area contributed by atoms with Crippen molar-refractivity contribution < 1.29 is 18.9 Å². The molecular formula is C14H14N4O5. The topological polar surface area (TPSA) is 127 Å². The van der Waals surface area contributed by atoms with Crippen molar-refractivity contribution in [3.63, 3.8) is 0 Å². The van der Waals surface area contributed by atoms with Crippen LogP contribution in [0.15, 0.2) is 16.7 Å². The fraction of sp³-hybridized carbons (Fsp3) is 0.429. The highest BCUT2D eigenvalue weighted by molar-refractivity contribution is 5.72. The Balaban J connectivity index is 1.79. The average molecular weight is 318 g/mol. The smallest absolute Gasteiger partial charge is 0.286 e. The number of nitrogens with two attached hydrogens (primary N) is 1. The van der Waals surface area contributed by atoms with Gasteiger partial charge in [-0.2, -0.15) is 4.98 Å². The molecule has 0 spiro atoms. The number of hydrogen-bond donors (Lipinski definition) is 1. The zero-order valence-electron chi connectivity index (χ0n) is 12.2. The number of rotatable bonds is 3. The Kier molecular flexibility index (Phi) is 2.98. The van der Waals surface area contributed by atoms with Crippen molar-refractivity contribution in [1.29, 1.82) is 0 Å². The summed E-state index contributed by atoms with van der Waals surface area (Å²) in [7, 11) is 0. The van der Waals surface area contributed by atoms with Gasteiger partial charge in [-0.3, -0.25) is 10.1 Å². The molecule has 9 nitrogen and oxygen atoms in total. The molecule has 0 radical (unpaired) electrons. The SMILES string of the molecule is NC1(c2noc(-c3cc4c(cc3[N+](=O)[O-])OCCO4)n2)CCC1. The Labute approximate surface area is 130 Å². The molecule has 2 heterocycles. The van der Waals surface area contributed by atoms with Gasteiger partial charge in [0.05, 0.1) is 16.5 Å². The summed E-state index contributed by atoms with van der Waals surface area (Å²) in [4.78, 5) is 15.1. The largest absolute Gasteiger partial charge is 0.486 e. The second kappa shape index (κ2) is 4.92. The molecule has 2 N–H and O–H groups in total. The summed E-state index contributed by atoms with van der Waals surface area (Å²) in [5.74, 6) is 1.19. The number of nitrogens with zero attached hydrogens (tertiary/aromatic N) is 3. The predicted octanol–water partition coefficient (Wildman–Crippen LogP) is 1.75. The molecule has 9 heteroatoms. The Morgan fingerprint density at radius 3 is 2.52 bits per heavy atom. The number of fused-ring (bicyclic) bond motifs is 1. The van der Waals surface area contributed by atoms with Crippen molar-refractivity contribution in [2.24, 2.45) is 5.73 Å². The third kappa shape index (κ3) is 2.20. The van der Waals surface area contributed by atoms with E-state index in [2.05, 4.69) is 10.1 Å². The zero-order valence-corrected chi connectivity index (χ0v) is 12.2. The first-order valence-electron chi connectivity index (χ1n) is 7.28. The van der Waals surface area contributed by atoms with Crippen LogP contribution in [-0.2, 0) is 5.54 Å². The van der Waals surface area contributed by atoms with Crippen LogP contribution in [0.1, 0.15) is 25.1 Å². The average Bonchev–Trinajstić information content (AvgIpc) is 3.01. The van der Waals surface area contributed by atoms with Crippen LogP contribution in [-0.4, -0.2) is 28.3 Å². The second-order valence-electron chi connectivity index (χ2n) is 5.70. The number of ether oxygens (including phenoxy) is 2. The maximum atomic E-state index is 11.3. The lowest BCUT2D eigenvalue weighted by Gasteiger charge is -2.34. The van der Waals surface area contributed by atoms with Crippen LogP contribution in [0.25, 0.3) is 11.5 Å². The van der Waals surface area contributed by atoms with Crippen LogP contribution >= 0.6 is 0 Å². The highest BCUT2D eigenvalue weighted by Crippen LogP contribution is 2.42. The van der Waals surface area contributed by atoms with Crippen molar-refractivity contribution >= 4 is 5.69 Å². The van der Waals surface area contributed by atoms with E-state index in [0.29, 0.717) is 30.5 Å². The lowest BCUT2D eigenvalue weighted by atomic mass is 9.77. The molecule has 120 valence electrons. The van der Waals surface area contributed by atoms with E-state index in [4.69, 9.17) is 19.7 Å². The standard InChI is InChI=1S/C14H14N4O5/c15-14(2-1-3-14)13-16-12(23-17-13)8-6-10-11(22-5-4-21-10)7-9(8)18(19)20/h6-7H,1-5,15H2. The Morgan fingerprint density at radius 1 is 1.22 bits per heavy atom. The van der Waals surface area contributed by atoms with Gasteiger partial charge < -0.3 is 19.7 Å². The lowest BCUT2D eigenvalue weighted by Crippen LogP contribution is -2.44. The number of benzene rings is 1. The summed E-state index contributed by atoms with van der Waals surface area (Å²) in [6.07, 6.45) is 2.55. The molecule has 0 unspecified atom stereocenters. The van der Waals surface area contributed by atoms with Crippen LogP contribution in [0.5, 0.6) is 11.5 Å². The molecule has 2 aliphatic rings. The minimum absolute atomic E-state index is 0.0559. The Hall–Kier alpha value is -2.68. The maximum Gasteiger partial charge on any atom is 0.286 e. The summed E-state index contributed by atoms with van der Waals surface area (Å²) in [5, 5.41) is 15.2. The molecule has 1 aromatic heterocycles. The van der Waals surface area contributed by atoms with E-state index in [1.165, 1.54) is 12.1 Å². The molecule has 1 fully saturated rings. The van der Waals surface area contributed by atoms with Gasteiger partial charge in [0.2, 0.25) is 0 Å². The lowest BCUT2D eigenvalue weighted by molar-refractivity contribution is -0.384. The van der Waals surface area contributed by atoms with Crippen LogP contribution in [0.3, 0.4) is 0 Å². The first-order valence-corrected chi connectivity index (χ1v) is 7.28. The second-order valence-corrected chi connectivity index (χ2v) is 5.70. The van der Waals surface area contributed by atoms with Crippen LogP contribution in [0, 0.1) is 10.1 Å². The van der Waals surface area contributed by atoms with E-state index in [1.807, 2.05) is 0 Å². The highest BCUT2D eigenvalue weighted by atomic mass is 16.6. The molecule has 1 aliphatic carbocycles. The van der Waals surface area contributed by atoms with Gasteiger partial charge in [0, 0.05) is 6.07 Å². The van der Waals surface area contributed by atoms with E-state index in [9.17, 15) is 10.1 Å². The summed E-state index contributed by atoms with van der Waals surface area (Å²) in [6, 6.07) is 2.81. The summed E-state index contributed by atoms with van der Waals surface area (Å²) in [5.41, 5.74) is 5.59. The fourth-order valence-corrected chi connectivity index (χ4v) is 2.72. The van der Waals surface area contributed by atoms with Crippen molar-refractivity contribution in [3.05, 3.63) is 28.1 Å². The van der Waals surface area contributed by atoms with Gasteiger partial charge in [0.1, 0.15) is 18.8 Å². The van der Waals surface area contributed by atoms with Gasteiger partial charge in [-0.15, -0.1) is 0 Å². The third-order valence-electron chi connectivity index (χ3n) is 4.20. The molecule has 4 rings (SSSR count). The zero-order chi connectivity index (χ0) is 16.0. The molecule has 0 amide bonds. The van der Waals surface area contributed by atoms with E-state index < -0.39 is 10.5 Å². The molecule has 2 aromatic rings. The number of nitro benzene ring substituents is 1. The number of nitro groups is 1. The molecule has 0 bridgehead atoms. The highest BCUT2D eigenvalue weighted by Gasteiger charge is 2.39. The first-order chi connectivity index (χ1) is 11.1. The third-order valence-corrected chi connectivity index (χ3v) is 4.20. The van der Waals surface area contributed by atoms with Crippen molar-refractivity contribution in [2.75, 3.05) is 13.2 Å².